The fourth-order valence-corrected chi connectivity index (χ4v) is 5.55. The largest absolute Gasteiger partial charge is 0.394 e. The Morgan fingerprint density at radius 1 is 1.44 bits per heavy atom. The lowest BCUT2D eigenvalue weighted by molar-refractivity contribution is -0.186. The lowest BCUT2D eigenvalue weighted by Gasteiger charge is -2.43. The number of rotatable bonds is 6. The Labute approximate surface area is 196 Å². The number of hydrogen-bond donors (Lipinski definition) is 3. The summed E-state index contributed by atoms with van der Waals surface area (Å²) in [5.74, 6) is 0. The van der Waals surface area contributed by atoms with Crippen molar-refractivity contribution in [3.63, 3.8) is 0 Å². The van der Waals surface area contributed by atoms with E-state index in [-0.39, 0.29) is 0 Å². The van der Waals surface area contributed by atoms with E-state index in [9.17, 15) is 15.5 Å². The summed E-state index contributed by atoms with van der Waals surface area (Å²) in [7, 11) is 1.49. The second-order valence-electron chi connectivity index (χ2n) is 6.93. The average Bonchev–Trinajstić information content (AvgIpc) is 3.43. The number of nitrogens with two attached hydrogens (primary N) is 1. The van der Waals surface area contributed by atoms with Crippen LogP contribution >= 0.6 is 34.7 Å². The number of halogens is 1. The molecule has 1 aliphatic rings. The Bertz CT molecular complexity index is 1140. The van der Waals surface area contributed by atoms with Crippen molar-refractivity contribution in [1.29, 1.82) is 5.26 Å². The number of benzene rings is 1. The summed E-state index contributed by atoms with van der Waals surface area (Å²) < 4.78 is 13.1. The first-order chi connectivity index (χ1) is 15.4. The van der Waals surface area contributed by atoms with Gasteiger partial charge in [-0.3, -0.25) is 0 Å². The van der Waals surface area contributed by atoms with Gasteiger partial charge in [0.25, 0.3) is 0 Å². The molecule has 4 N–H and O–H groups in total. The molecule has 32 heavy (non-hydrogen) atoms. The molecule has 0 aliphatic carbocycles. The fourth-order valence-electron chi connectivity index (χ4n) is 3.47. The molecule has 0 bridgehead atoms. The fraction of sp³-hybridized carbons (Fsp3) is 0.368. The SMILES string of the molecule is COC1C(n2cc(-c3csc(N)n3)nn2)[C@@H](O)C(CO)O[C@@H]1Sc1cc(Cl)ccc1C#N. The molecule has 1 aliphatic heterocycles. The van der Waals surface area contributed by atoms with Crippen LogP contribution in [0, 0.1) is 11.3 Å². The minimum Gasteiger partial charge on any atom is -0.394 e. The Balaban J connectivity index is 1.68. The van der Waals surface area contributed by atoms with Gasteiger partial charge >= 0.3 is 0 Å². The van der Waals surface area contributed by atoms with E-state index in [4.69, 9.17) is 26.8 Å². The third kappa shape index (κ3) is 4.46. The van der Waals surface area contributed by atoms with Crippen LogP contribution in [-0.4, -0.2) is 67.7 Å². The summed E-state index contributed by atoms with van der Waals surface area (Å²) in [5.41, 5.74) is 6.50. The van der Waals surface area contributed by atoms with Gasteiger partial charge in [0.15, 0.2) is 5.13 Å². The molecule has 3 heterocycles. The van der Waals surface area contributed by atoms with E-state index in [2.05, 4.69) is 21.4 Å². The number of thiazole rings is 1. The van der Waals surface area contributed by atoms with Gasteiger partial charge in [0.05, 0.1) is 18.4 Å². The molecule has 0 spiro atoms. The van der Waals surface area contributed by atoms with Crippen molar-refractivity contribution in [2.45, 2.75) is 34.7 Å². The second-order valence-corrected chi connectivity index (χ2v) is 9.40. The number of thioether (sulfide) groups is 1. The van der Waals surface area contributed by atoms with Gasteiger partial charge in [-0.25, -0.2) is 9.67 Å². The van der Waals surface area contributed by atoms with Gasteiger partial charge in [0.1, 0.15) is 47.2 Å². The molecule has 168 valence electrons. The second kappa shape index (κ2) is 9.72. The molecule has 0 amide bonds. The Morgan fingerprint density at radius 2 is 2.25 bits per heavy atom. The average molecular weight is 495 g/mol. The van der Waals surface area contributed by atoms with Crippen LogP contribution in [0.5, 0.6) is 0 Å². The lowest BCUT2D eigenvalue weighted by atomic mass is 9.97. The maximum Gasteiger partial charge on any atom is 0.180 e. The number of aliphatic hydroxyl groups excluding tert-OH is 2. The molecule has 10 nitrogen and oxygen atoms in total. The van der Waals surface area contributed by atoms with Crippen LogP contribution in [0.25, 0.3) is 11.4 Å². The van der Waals surface area contributed by atoms with E-state index in [1.54, 1.807) is 29.8 Å². The smallest absolute Gasteiger partial charge is 0.180 e. The van der Waals surface area contributed by atoms with Gasteiger partial charge < -0.3 is 25.4 Å². The van der Waals surface area contributed by atoms with E-state index in [1.807, 2.05) is 0 Å². The zero-order valence-corrected chi connectivity index (χ0v) is 19.1. The van der Waals surface area contributed by atoms with E-state index < -0.39 is 36.4 Å². The number of aliphatic hydroxyl groups is 2. The molecule has 3 aromatic rings. The van der Waals surface area contributed by atoms with E-state index in [1.165, 1.54) is 34.9 Å². The minimum absolute atomic E-state index is 0.405. The highest BCUT2D eigenvalue weighted by atomic mass is 35.5. The van der Waals surface area contributed by atoms with Crippen LogP contribution in [0.15, 0.2) is 34.7 Å². The maximum absolute atomic E-state index is 10.9. The predicted octanol–water partition coefficient (Wildman–Crippen LogP) is 1.94. The van der Waals surface area contributed by atoms with Crippen molar-refractivity contribution in [1.82, 2.24) is 20.0 Å². The van der Waals surface area contributed by atoms with Crippen molar-refractivity contribution in [3.8, 4) is 17.5 Å². The van der Waals surface area contributed by atoms with E-state index in [0.717, 1.165) is 0 Å². The third-order valence-electron chi connectivity index (χ3n) is 5.00. The molecule has 0 radical (unpaired) electrons. The van der Waals surface area contributed by atoms with Gasteiger partial charge in [-0.05, 0) is 18.2 Å². The number of nitrogen functional groups attached to an aromatic ring is 1. The number of anilines is 1. The topological polar surface area (TPSA) is 152 Å². The van der Waals surface area contributed by atoms with E-state index >= 15 is 0 Å². The summed E-state index contributed by atoms with van der Waals surface area (Å²) in [6.45, 7) is -0.421. The molecule has 0 saturated carbocycles. The Hall–Kier alpha value is -2.24. The molecule has 5 atom stereocenters. The van der Waals surface area contributed by atoms with Gasteiger partial charge in [-0.1, -0.05) is 28.6 Å². The molecular weight excluding hydrogens is 476 g/mol. The van der Waals surface area contributed by atoms with Crippen molar-refractivity contribution >= 4 is 39.8 Å². The van der Waals surface area contributed by atoms with Crippen molar-refractivity contribution in [2.75, 3.05) is 19.5 Å². The van der Waals surface area contributed by atoms with Crippen molar-refractivity contribution in [2.24, 2.45) is 0 Å². The highest BCUT2D eigenvalue weighted by molar-refractivity contribution is 7.99. The lowest BCUT2D eigenvalue weighted by Crippen LogP contribution is -2.55. The van der Waals surface area contributed by atoms with Crippen LogP contribution in [0.4, 0.5) is 5.13 Å². The van der Waals surface area contributed by atoms with Crippen LogP contribution in [0.3, 0.4) is 0 Å². The summed E-state index contributed by atoms with van der Waals surface area (Å²) in [6, 6.07) is 6.31. The number of nitrogens with zero attached hydrogens (tertiary/aromatic N) is 5. The molecule has 1 fully saturated rings. The van der Waals surface area contributed by atoms with E-state index in [0.29, 0.717) is 32.0 Å². The Kier molecular flexibility index (Phi) is 6.96. The van der Waals surface area contributed by atoms with Crippen molar-refractivity contribution < 1.29 is 19.7 Å². The zero-order valence-electron chi connectivity index (χ0n) is 16.7. The van der Waals surface area contributed by atoms with Gasteiger partial charge in [-0.15, -0.1) is 16.4 Å². The van der Waals surface area contributed by atoms with Gasteiger partial charge in [-0.2, -0.15) is 5.26 Å². The quantitative estimate of drug-likeness (QED) is 0.463. The van der Waals surface area contributed by atoms with Crippen LogP contribution < -0.4 is 5.73 Å². The van der Waals surface area contributed by atoms with Crippen LogP contribution in [-0.2, 0) is 9.47 Å². The highest BCUT2D eigenvalue weighted by Crippen LogP contribution is 2.41. The summed E-state index contributed by atoms with van der Waals surface area (Å²) >= 11 is 8.62. The first-order valence-corrected chi connectivity index (χ1v) is 11.6. The summed E-state index contributed by atoms with van der Waals surface area (Å²) in [4.78, 5) is 4.80. The molecule has 13 heteroatoms. The Morgan fingerprint density at radius 3 is 2.91 bits per heavy atom. The standard InChI is InChI=1S/C19H19ClN6O4S2/c1-29-17-15(26-6-11(24-25-26)12-8-31-19(22)23-12)16(28)13(7-27)30-18(17)32-14-4-10(20)3-2-9(14)5-21/h2-4,6,8,13,15-18,27-28H,7H2,1H3,(H2,22,23)/t13?,15?,16-,17?,18+/m0/s1. The molecule has 2 aromatic heterocycles. The van der Waals surface area contributed by atoms with Gasteiger partial charge in [0, 0.05) is 22.4 Å². The van der Waals surface area contributed by atoms with Crippen LogP contribution in [0.2, 0.25) is 5.02 Å². The number of hydrogen-bond acceptors (Lipinski definition) is 11. The minimum atomic E-state index is -1.13. The van der Waals surface area contributed by atoms with Gasteiger partial charge in [0.2, 0.25) is 0 Å². The number of aromatic nitrogens is 4. The molecule has 1 aromatic carbocycles. The summed E-state index contributed by atoms with van der Waals surface area (Å²) in [5, 5.41) is 41.1. The normalized spacial score (nSPS) is 25.5. The molecule has 3 unspecified atom stereocenters. The monoisotopic (exact) mass is 494 g/mol. The highest BCUT2D eigenvalue weighted by Gasteiger charge is 2.47. The zero-order chi connectivity index (χ0) is 22.8. The van der Waals surface area contributed by atoms with Crippen LogP contribution in [0.1, 0.15) is 11.6 Å². The number of nitriles is 1. The summed E-state index contributed by atoms with van der Waals surface area (Å²) in [6.07, 6.45) is -1.10. The molecule has 1 saturated heterocycles. The van der Waals surface area contributed by atoms with Crippen molar-refractivity contribution in [3.05, 3.63) is 40.4 Å². The molecular formula is C19H19ClN6O4S2. The first-order valence-electron chi connectivity index (χ1n) is 9.41. The number of methoxy groups -OCH3 is 1. The number of ether oxygens (including phenoxy) is 2. The first kappa shape index (κ1) is 22.9. The third-order valence-corrected chi connectivity index (χ3v) is 7.12. The maximum atomic E-state index is 10.9. The predicted molar refractivity (Wildman–Crippen MR) is 119 cm³/mol. The molecule has 4 rings (SSSR count).